The average molecular weight is 279 g/mol. The third kappa shape index (κ3) is 3.26. The maximum Gasteiger partial charge on any atom is 0.0457 e. The summed E-state index contributed by atoms with van der Waals surface area (Å²) < 4.78 is 0. The number of hydrogen-bond acceptors (Lipinski definition) is 2. The molecule has 0 saturated heterocycles. The van der Waals surface area contributed by atoms with Crippen LogP contribution in [0, 0.1) is 0 Å². The topological polar surface area (TPSA) is 31.1 Å². The summed E-state index contributed by atoms with van der Waals surface area (Å²) in [5.74, 6) is 0. The highest BCUT2D eigenvalue weighted by atomic mass is 15.0. The van der Waals surface area contributed by atoms with Crippen LogP contribution in [0.4, 0.5) is 5.69 Å². The van der Waals surface area contributed by atoms with E-state index in [1.54, 1.807) is 0 Å². The quantitative estimate of drug-likeness (QED) is 0.743. The Morgan fingerprint density at radius 2 is 1.90 bits per heavy atom. The van der Waals surface area contributed by atoms with E-state index in [1.807, 2.05) is 6.20 Å². The fraction of sp³-hybridized carbons (Fsp3) is 0.222. The van der Waals surface area contributed by atoms with Crippen LogP contribution in [0.15, 0.2) is 54.7 Å². The summed E-state index contributed by atoms with van der Waals surface area (Å²) in [5.41, 5.74) is 4.99. The van der Waals surface area contributed by atoms with Crippen LogP contribution in [0.1, 0.15) is 11.1 Å². The first-order valence-electron chi connectivity index (χ1n) is 7.25. The average Bonchev–Trinajstić information content (AvgIpc) is 2.93. The standard InChI is InChI=1S/C18H21N3/c1-21(2)13-14-5-3-7-16(11-14)20-12-15-6-4-8-18-17(15)9-10-19-18/h3-11,19-20H,12-13H2,1-2H3. The molecule has 0 bridgehead atoms. The first kappa shape index (κ1) is 13.7. The summed E-state index contributed by atoms with van der Waals surface area (Å²) in [6.45, 7) is 1.80. The van der Waals surface area contributed by atoms with Crippen LogP contribution in [0.25, 0.3) is 10.9 Å². The van der Waals surface area contributed by atoms with Gasteiger partial charge >= 0.3 is 0 Å². The van der Waals surface area contributed by atoms with Crippen LogP contribution < -0.4 is 5.32 Å². The van der Waals surface area contributed by atoms with Gasteiger partial charge in [-0.2, -0.15) is 0 Å². The molecule has 2 N–H and O–H groups in total. The third-order valence-electron chi connectivity index (χ3n) is 3.59. The molecular weight excluding hydrogens is 258 g/mol. The van der Waals surface area contributed by atoms with Crippen LogP contribution >= 0.6 is 0 Å². The molecule has 3 aromatic rings. The molecule has 0 atom stereocenters. The minimum atomic E-state index is 0.834. The Hall–Kier alpha value is -2.26. The Balaban J connectivity index is 1.74. The van der Waals surface area contributed by atoms with Gasteiger partial charge in [-0.3, -0.25) is 0 Å². The van der Waals surface area contributed by atoms with Crippen molar-refractivity contribution in [3.63, 3.8) is 0 Å². The van der Waals surface area contributed by atoms with E-state index in [0.717, 1.165) is 13.1 Å². The number of nitrogens with one attached hydrogen (secondary N) is 2. The number of fused-ring (bicyclic) bond motifs is 1. The van der Waals surface area contributed by atoms with Gasteiger partial charge in [-0.15, -0.1) is 0 Å². The molecule has 0 aliphatic carbocycles. The van der Waals surface area contributed by atoms with Crippen LogP contribution in [0.5, 0.6) is 0 Å². The SMILES string of the molecule is CN(C)Cc1cccc(NCc2cccc3[nH]ccc23)c1. The van der Waals surface area contributed by atoms with E-state index in [2.05, 4.69) is 77.8 Å². The van der Waals surface area contributed by atoms with Crippen molar-refractivity contribution < 1.29 is 0 Å². The van der Waals surface area contributed by atoms with E-state index in [4.69, 9.17) is 0 Å². The zero-order chi connectivity index (χ0) is 14.7. The highest BCUT2D eigenvalue weighted by Gasteiger charge is 2.02. The molecule has 108 valence electrons. The Kier molecular flexibility index (Phi) is 3.93. The number of benzene rings is 2. The van der Waals surface area contributed by atoms with E-state index in [9.17, 15) is 0 Å². The van der Waals surface area contributed by atoms with Crippen molar-refractivity contribution >= 4 is 16.6 Å². The van der Waals surface area contributed by atoms with Crippen molar-refractivity contribution in [2.75, 3.05) is 19.4 Å². The lowest BCUT2D eigenvalue weighted by Gasteiger charge is -2.12. The molecular formula is C18H21N3. The molecule has 2 aromatic carbocycles. The molecule has 1 aromatic heterocycles. The molecule has 0 aliphatic heterocycles. The lowest BCUT2D eigenvalue weighted by atomic mass is 10.1. The van der Waals surface area contributed by atoms with Gasteiger partial charge in [0.05, 0.1) is 0 Å². The number of H-pyrrole nitrogens is 1. The van der Waals surface area contributed by atoms with Gasteiger partial charge in [-0.1, -0.05) is 24.3 Å². The molecule has 3 nitrogen and oxygen atoms in total. The van der Waals surface area contributed by atoms with Crippen molar-refractivity contribution in [3.05, 3.63) is 65.9 Å². The van der Waals surface area contributed by atoms with E-state index < -0.39 is 0 Å². The zero-order valence-electron chi connectivity index (χ0n) is 12.6. The number of anilines is 1. The second kappa shape index (κ2) is 6.02. The van der Waals surface area contributed by atoms with Crippen molar-refractivity contribution in [1.29, 1.82) is 0 Å². The maximum atomic E-state index is 3.52. The maximum absolute atomic E-state index is 3.52. The zero-order valence-corrected chi connectivity index (χ0v) is 12.6. The first-order valence-corrected chi connectivity index (χ1v) is 7.25. The second-order valence-electron chi connectivity index (χ2n) is 5.65. The molecule has 21 heavy (non-hydrogen) atoms. The summed E-state index contributed by atoms with van der Waals surface area (Å²) >= 11 is 0. The van der Waals surface area contributed by atoms with Gasteiger partial charge in [0, 0.05) is 35.9 Å². The minimum Gasteiger partial charge on any atom is -0.381 e. The normalized spacial score (nSPS) is 11.2. The predicted molar refractivity (Wildman–Crippen MR) is 89.5 cm³/mol. The van der Waals surface area contributed by atoms with Gasteiger partial charge in [0.1, 0.15) is 0 Å². The summed E-state index contributed by atoms with van der Waals surface area (Å²) in [6.07, 6.45) is 1.99. The van der Waals surface area contributed by atoms with Crippen LogP contribution in [-0.2, 0) is 13.1 Å². The van der Waals surface area contributed by atoms with Gasteiger partial charge in [0.2, 0.25) is 0 Å². The molecule has 0 radical (unpaired) electrons. The van der Waals surface area contributed by atoms with Crippen LogP contribution in [0.2, 0.25) is 0 Å². The van der Waals surface area contributed by atoms with E-state index >= 15 is 0 Å². The molecule has 0 unspecified atom stereocenters. The highest BCUT2D eigenvalue weighted by Crippen LogP contribution is 2.19. The largest absolute Gasteiger partial charge is 0.381 e. The summed E-state index contributed by atoms with van der Waals surface area (Å²) in [7, 11) is 4.18. The number of nitrogens with zero attached hydrogens (tertiary/aromatic N) is 1. The van der Waals surface area contributed by atoms with E-state index in [1.165, 1.54) is 27.7 Å². The van der Waals surface area contributed by atoms with Gasteiger partial charge in [0.15, 0.2) is 0 Å². The predicted octanol–water partition coefficient (Wildman–Crippen LogP) is 3.84. The smallest absolute Gasteiger partial charge is 0.0457 e. The Labute approximate surface area is 125 Å². The summed E-state index contributed by atoms with van der Waals surface area (Å²) in [6, 6.07) is 17.1. The number of rotatable bonds is 5. The van der Waals surface area contributed by atoms with Gasteiger partial charge in [-0.25, -0.2) is 0 Å². The van der Waals surface area contributed by atoms with E-state index in [-0.39, 0.29) is 0 Å². The highest BCUT2D eigenvalue weighted by molar-refractivity contribution is 5.83. The number of aromatic amines is 1. The van der Waals surface area contributed by atoms with Crippen molar-refractivity contribution in [2.24, 2.45) is 0 Å². The van der Waals surface area contributed by atoms with Crippen molar-refractivity contribution in [1.82, 2.24) is 9.88 Å². The lowest BCUT2D eigenvalue weighted by Crippen LogP contribution is -2.10. The third-order valence-corrected chi connectivity index (χ3v) is 3.59. The molecule has 3 heteroatoms. The fourth-order valence-electron chi connectivity index (χ4n) is 2.65. The van der Waals surface area contributed by atoms with Crippen LogP contribution in [-0.4, -0.2) is 24.0 Å². The van der Waals surface area contributed by atoms with E-state index in [0.29, 0.717) is 0 Å². The lowest BCUT2D eigenvalue weighted by molar-refractivity contribution is 0.402. The molecule has 0 saturated carbocycles. The Morgan fingerprint density at radius 1 is 1.05 bits per heavy atom. The fourth-order valence-corrected chi connectivity index (χ4v) is 2.65. The molecule has 0 aliphatic rings. The number of aromatic nitrogens is 1. The summed E-state index contributed by atoms with van der Waals surface area (Å²) in [5, 5.41) is 4.81. The molecule has 0 spiro atoms. The second-order valence-corrected chi connectivity index (χ2v) is 5.65. The van der Waals surface area contributed by atoms with Crippen LogP contribution in [0.3, 0.4) is 0 Å². The van der Waals surface area contributed by atoms with Crippen molar-refractivity contribution in [2.45, 2.75) is 13.1 Å². The Morgan fingerprint density at radius 3 is 2.76 bits per heavy atom. The first-order chi connectivity index (χ1) is 10.2. The number of hydrogen-bond donors (Lipinski definition) is 2. The molecule has 3 rings (SSSR count). The molecule has 1 heterocycles. The monoisotopic (exact) mass is 279 g/mol. The van der Waals surface area contributed by atoms with Gasteiger partial charge in [0.25, 0.3) is 0 Å². The molecule has 0 fully saturated rings. The van der Waals surface area contributed by atoms with Gasteiger partial charge in [-0.05, 0) is 49.5 Å². The summed E-state index contributed by atoms with van der Waals surface area (Å²) in [4.78, 5) is 5.44. The molecule has 0 amide bonds. The minimum absolute atomic E-state index is 0.834. The van der Waals surface area contributed by atoms with Crippen molar-refractivity contribution in [3.8, 4) is 0 Å². The van der Waals surface area contributed by atoms with Gasteiger partial charge < -0.3 is 15.2 Å². The Bertz CT molecular complexity index is 728.